The molecule has 0 aromatic heterocycles. The number of benzene rings is 4. The quantitative estimate of drug-likeness (QED) is 0.231. The van der Waals surface area contributed by atoms with Crippen molar-refractivity contribution in [2.24, 2.45) is 0 Å². The first-order valence-corrected chi connectivity index (χ1v) is 12.6. The van der Waals surface area contributed by atoms with Crippen LogP contribution in [0.3, 0.4) is 0 Å². The van der Waals surface area contributed by atoms with Crippen molar-refractivity contribution in [1.82, 2.24) is 4.90 Å². The Morgan fingerprint density at radius 1 is 0.973 bits per heavy atom. The summed E-state index contributed by atoms with van der Waals surface area (Å²) in [6.45, 7) is 0.117. The van der Waals surface area contributed by atoms with Crippen LogP contribution in [-0.2, 0) is 17.9 Å². The molecule has 1 fully saturated rings. The van der Waals surface area contributed by atoms with Gasteiger partial charge in [-0.25, -0.2) is 4.39 Å². The molecule has 0 aliphatic carbocycles. The van der Waals surface area contributed by atoms with E-state index in [1.54, 1.807) is 24.3 Å². The molecule has 37 heavy (non-hydrogen) atoms. The van der Waals surface area contributed by atoms with E-state index in [1.807, 2.05) is 24.3 Å². The molecule has 1 aliphatic rings. The number of carbonyl (C=O) groups is 2. The van der Waals surface area contributed by atoms with Crippen LogP contribution in [0.2, 0.25) is 5.02 Å². The van der Waals surface area contributed by atoms with Gasteiger partial charge in [0.15, 0.2) is 11.5 Å². The highest BCUT2D eigenvalue weighted by atomic mass is 35.5. The zero-order chi connectivity index (χ0) is 25.9. The molecule has 1 aliphatic heterocycles. The lowest BCUT2D eigenvalue weighted by Gasteiger charge is -2.14. The first-order valence-electron chi connectivity index (χ1n) is 11.4. The van der Waals surface area contributed by atoms with Gasteiger partial charge in [-0.15, -0.1) is 0 Å². The van der Waals surface area contributed by atoms with Crippen LogP contribution in [0.5, 0.6) is 11.5 Å². The van der Waals surface area contributed by atoms with Crippen molar-refractivity contribution in [3.8, 4) is 11.5 Å². The molecule has 2 amide bonds. The summed E-state index contributed by atoms with van der Waals surface area (Å²) in [5.41, 5.74) is 1.80. The maximum absolute atomic E-state index is 14.2. The fourth-order valence-electron chi connectivity index (χ4n) is 4.10. The lowest BCUT2D eigenvalue weighted by Crippen LogP contribution is -2.28. The largest absolute Gasteiger partial charge is 0.493 e. The molecule has 0 spiro atoms. The summed E-state index contributed by atoms with van der Waals surface area (Å²) in [4.78, 5) is 26.7. The second kappa shape index (κ2) is 10.7. The maximum atomic E-state index is 14.2. The predicted octanol–water partition coefficient (Wildman–Crippen LogP) is 7.46. The maximum Gasteiger partial charge on any atom is 0.293 e. The molecule has 4 aromatic rings. The minimum atomic E-state index is -0.570. The van der Waals surface area contributed by atoms with Crippen LogP contribution >= 0.6 is 23.4 Å². The molecule has 8 heteroatoms. The van der Waals surface area contributed by atoms with Crippen molar-refractivity contribution < 1.29 is 23.5 Å². The zero-order valence-electron chi connectivity index (χ0n) is 19.7. The highest BCUT2D eigenvalue weighted by Crippen LogP contribution is 2.36. The summed E-state index contributed by atoms with van der Waals surface area (Å²) in [5.74, 6) is -0.0369. The van der Waals surface area contributed by atoms with Crippen LogP contribution < -0.4 is 9.47 Å². The number of fused-ring (bicyclic) bond motifs is 1. The van der Waals surface area contributed by atoms with Crippen molar-refractivity contribution >= 4 is 51.4 Å². The standard InChI is InChI=1S/C29H21ClFNO4S/c1-35-26-14-18(12-13-25(26)36-17-20-8-4-7-19-6-2-3-9-21(19)20)15-27-28(33)32(29(34)37-27)16-22-23(30)10-5-11-24(22)31/h2-15H,16-17H2,1H3/b27-15+. The summed E-state index contributed by atoms with van der Waals surface area (Å²) < 4.78 is 25.8. The Bertz CT molecular complexity index is 1530. The van der Waals surface area contributed by atoms with Crippen LogP contribution in [0.15, 0.2) is 83.8 Å². The van der Waals surface area contributed by atoms with E-state index in [1.165, 1.54) is 25.3 Å². The number of rotatable bonds is 7. The summed E-state index contributed by atoms with van der Waals surface area (Å²) in [5, 5.41) is 1.93. The van der Waals surface area contributed by atoms with Crippen molar-refractivity contribution in [2.45, 2.75) is 13.2 Å². The van der Waals surface area contributed by atoms with E-state index in [0.717, 1.165) is 33.0 Å². The number of nitrogens with zero attached hydrogens (tertiary/aromatic N) is 1. The van der Waals surface area contributed by atoms with Gasteiger partial charge in [0, 0.05) is 10.6 Å². The van der Waals surface area contributed by atoms with E-state index >= 15 is 0 Å². The molecule has 0 N–H and O–H groups in total. The third-order valence-electron chi connectivity index (χ3n) is 6.00. The summed E-state index contributed by atoms with van der Waals surface area (Å²) in [6, 6.07) is 23.7. The zero-order valence-corrected chi connectivity index (χ0v) is 21.3. The van der Waals surface area contributed by atoms with Crippen molar-refractivity contribution in [1.29, 1.82) is 0 Å². The molecule has 5 nitrogen and oxygen atoms in total. The van der Waals surface area contributed by atoms with Crippen LogP contribution in [0.1, 0.15) is 16.7 Å². The Hall–Kier alpha value is -3.81. The lowest BCUT2D eigenvalue weighted by molar-refractivity contribution is -0.123. The lowest BCUT2D eigenvalue weighted by atomic mass is 10.1. The molecule has 1 saturated heterocycles. The van der Waals surface area contributed by atoms with Gasteiger partial charge in [-0.2, -0.15) is 0 Å². The minimum absolute atomic E-state index is 0.0992. The molecule has 5 rings (SSSR count). The van der Waals surface area contributed by atoms with Gasteiger partial charge in [-0.3, -0.25) is 14.5 Å². The fourth-order valence-corrected chi connectivity index (χ4v) is 5.16. The van der Waals surface area contributed by atoms with Crippen LogP contribution in [0, 0.1) is 5.82 Å². The SMILES string of the molecule is COc1cc(/C=C2/SC(=O)N(Cc3c(F)cccc3Cl)C2=O)ccc1OCc1cccc2ccccc12. The van der Waals surface area contributed by atoms with Gasteiger partial charge in [0.25, 0.3) is 11.1 Å². The van der Waals surface area contributed by atoms with Crippen molar-refractivity contribution in [3.05, 3.63) is 111 Å². The molecule has 4 aromatic carbocycles. The number of halogens is 2. The fraction of sp³-hybridized carbons (Fsp3) is 0.103. The monoisotopic (exact) mass is 533 g/mol. The number of ether oxygens (including phenoxy) is 2. The van der Waals surface area contributed by atoms with E-state index in [-0.39, 0.29) is 22.0 Å². The Labute approximate surface area is 222 Å². The topological polar surface area (TPSA) is 55.8 Å². The Morgan fingerprint density at radius 3 is 2.57 bits per heavy atom. The van der Waals surface area contributed by atoms with Gasteiger partial charge in [0.05, 0.1) is 18.6 Å². The molecule has 0 bridgehead atoms. The number of imide groups is 1. The first kappa shape index (κ1) is 24.9. The first-order chi connectivity index (χ1) is 17.9. The van der Waals surface area contributed by atoms with E-state index in [4.69, 9.17) is 21.1 Å². The molecule has 0 atom stereocenters. The van der Waals surface area contributed by atoms with Crippen molar-refractivity contribution in [2.75, 3.05) is 7.11 Å². The van der Waals surface area contributed by atoms with Crippen LogP contribution in [0.25, 0.3) is 16.8 Å². The summed E-state index contributed by atoms with van der Waals surface area (Å²) in [6.07, 6.45) is 1.60. The molecular formula is C29H21ClFNO4S. The molecule has 0 radical (unpaired) electrons. The Balaban J connectivity index is 1.33. The minimum Gasteiger partial charge on any atom is -0.493 e. The normalized spacial score (nSPS) is 14.6. The average Bonchev–Trinajstić information content (AvgIpc) is 3.17. The predicted molar refractivity (Wildman–Crippen MR) is 144 cm³/mol. The van der Waals surface area contributed by atoms with Gasteiger partial charge < -0.3 is 9.47 Å². The number of hydrogen-bond donors (Lipinski definition) is 0. The number of carbonyl (C=O) groups excluding carboxylic acids is 2. The Kier molecular flexibility index (Phi) is 7.17. The summed E-state index contributed by atoms with van der Waals surface area (Å²) >= 11 is 6.87. The highest BCUT2D eigenvalue weighted by Gasteiger charge is 2.36. The number of amides is 2. The number of thioether (sulfide) groups is 1. The van der Waals surface area contributed by atoms with E-state index in [2.05, 4.69) is 18.2 Å². The van der Waals surface area contributed by atoms with Gasteiger partial charge in [-0.05, 0) is 64.0 Å². The van der Waals surface area contributed by atoms with Gasteiger partial charge >= 0.3 is 0 Å². The van der Waals surface area contributed by atoms with E-state index < -0.39 is 17.0 Å². The summed E-state index contributed by atoms with van der Waals surface area (Å²) in [7, 11) is 1.54. The van der Waals surface area contributed by atoms with Gasteiger partial charge in [0.1, 0.15) is 12.4 Å². The number of methoxy groups -OCH3 is 1. The average molecular weight is 534 g/mol. The molecule has 186 valence electrons. The second-order valence-electron chi connectivity index (χ2n) is 8.31. The van der Waals surface area contributed by atoms with E-state index in [9.17, 15) is 14.0 Å². The third-order valence-corrected chi connectivity index (χ3v) is 7.26. The van der Waals surface area contributed by atoms with Gasteiger partial charge in [0.2, 0.25) is 0 Å². The molecule has 1 heterocycles. The number of hydrogen-bond acceptors (Lipinski definition) is 5. The smallest absolute Gasteiger partial charge is 0.293 e. The molecule has 0 unspecified atom stereocenters. The molecule has 0 saturated carbocycles. The Morgan fingerprint density at radius 2 is 1.76 bits per heavy atom. The van der Waals surface area contributed by atoms with Crippen LogP contribution in [0.4, 0.5) is 9.18 Å². The van der Waals surface area contributed by atoms with Crippen LogP contribution in [-0.4, -0.2) is 23.2 Å². The second-order valence-corrected chi connectivity index (χ2v) is 9.71. The van der Waals surface area contributed by atoms with Gasteiger partial charge in [-0.1, -0.05) is 66.2 Å². The van der Waals surface area contributed by atoms with E-state index in [0.29, 0.717) is 23.7 Å². The highest BCUT2D eigenvalue weighted by molar-refractivity contribution is 8.18. The van der Waals surface area contributed by atoms with Crippen molar-refractivity contribution in [3.63, 3.8) is 0 Å². The molecular weight excluding hydrogens is 513 g/mol. The third kappa shape index (κ3) is 5.19.